The van der Waals surface area contributed by atoms with Gasteiger partial charge in [-0.25, -0.2) is 0 Å². The lowest BCUT2D eigenvalue weighted by Gasteiger charge is -2.15. The summed E-state index contributed by atoms with van der Waals surface area (Å²) < 4.78 is 0. The van der Waals surface area contributed by atoms with Crippen molar-refractivity contribution in [3.05, 3.63) is 70.3 Å². The molecule has 0 aliphatic heterocycles. The van der Waals surface area contributed by atoms with Gasteiger partial charge in [0.05, 0.1) is 5.57 Å². The number of amides is 1. The van der Waals surface area contributed by atoms with Gasteiger partial charge >= 0.3 is 0 Å². The van der Waals surface area contributed by atoms with Gasteiger partial charge in [-0.3, -0.25) is 9.59 Å². The minimum Gasteiger partial charge on any atom is -0.322 e. The number of nitriles is 1. The first-order valence-corrected chi connectivity index (χ1v) is 8.42. The number of nitrogens with zero attached hydrogens (tertiary/aromatic N) is 1. The van der Waals surface area contributed by atoms with Gasteiger partial charge in [0.2, 0.25) is 0 Å². The van der Waals surface area contributed by atoms with Crippen LogP contribution in [0.5, 0.6) is 0 Å². The van der Waals surface area contributed by atoms with E-state index in [1.807, 2.05) is 6.07 Å². The van der Waals surface area contributed by atoms with Crippen LogP contribution < -0.4 is 5.32 Å². The molecule has 0 aliphatic rings. The standard InChI is InChI=1S/C21H19ClN2O2/c1-21(2,3)19(25)16(13-23)11-14-5-4-6-18(12-14)24-20(26)15-7-9-17(22)10-8-15/h4-12H,1-3H3,(H,24,26)/b16-11+. The maximum absolute atomic E-state index is 12.3. The first kappa shape index (κ1) is 19.4. The summed E-state index contributed by atoms with van der Waals surface area (Å²) in [4.78, 5) is 24.6. The molecule has 0 fully saturated rings. The second-order valence-electron chi connectivity index (χ2n) is 6.84. The number of Topliss-reactive ketones (excluding diaryl/α,β-unsaturated/α-hetero) is 1. The number of carbonyl (C=O) groups excluding carboxylic acids is 2. The van der Waals surface area contributed by atoms with Gasteiger partial charge in [0.25, 0.3) is 5.91 Å². The average Bonchev–Trinajstić information content (AvgIpc) is 2.59. The molecule has 0 heterocycles. The van der Waals surface area contributed by atoms with E-state index in [2.05, 4.69) is 5.32 Å². The summed E-state index contributed by atoms with van der Waals surface area (Å²) in [5.74, 6) is -0.496. The van der Waals surface area contributed by atoms with Crippen LogP contribution in [0.1, 0.15) is 36.7 Å². The fourth-order valence-corrected chi connectivity index (χ4v) is 2.36. The molecule has 0 atom stereocenters. The second-order valence-corrected chi connectivity index (χ2v) is 7.27. The topological polar surface area (TPSA) is 70.0 Å². The van der Waals surface area contributed by atoms with Crippen molar-refractivity contribution in [2.75, 3.05) is 5.32 Å². The van der Waals surface area contributed by atoms with Crippen LogP contribution in [0.25, 0.3) is 6.08 Å². The van der Waals surface area contributed by atoms with Crippen molar-refractivity contribution in [2.45, 2.75) is 20.8 Å². The fourth-order valence-electron chi connectivity index (χ4n) is 2.23. The lowest BCUT2D eigenvalue weighted by molar-refractivity contribution is -0.121. The molecule has 0 unspecified atom stereocenters. The van der Waals surface area contributed by atoms with Crippen LogP contribution >= 0.6 is 11.6 Å². The van der Waals surface area contributed by atoms with Gasteiger partial charge in [-0.15, -0.1) is 0 Å². The Morgan fingerprint density at radius 2 is 1.77 bits per heavy atom. The molecule has 2 rings (SSSR count). The third kappa shape index (κ3) is 5.05. The van der Waals surface area contributed by atoms with E-state index in [0.29, 0.717) is 21.8 Å². The molecule has 132 valence electrons. The zero-order valence-corrected chi connectivity index (χ0v) is 15.6. The molecule has 2 aromatic carbocycles. The fraction of sp³-hybridized carbons (Fsp3) is 0.190. The van der Waals surface area contributed by atoms with Gasteiger partial charge < -0.3 is 5.32 Å². The van der Waals surface area contributed by atoms with Crippen LogP contribution in [0.4, 0.5) is 5.69 Å². The number of anilines is 1. The van der Waals surface area contributed by atoms with Gasteiger partial charge in [0.1, 0.15) is 6.07 Å². The molecular weight excluding hydrogens is 348 g/mol. The van der Waals surface area contributed by atoms with E-state index < -0.39 is 5.41 Å². The minimum atomic E-state index is -0.637. The maximum Gasteiger partial charge on any atom is 0.255 e. The number of nitrogens with one attached hydrogen (secondary N) is 1. The van der Waals surface area contributed by atoms with Gasteiger partial charge in [-0.2, -0.15) is 5.26 Å². The number of rotatable bonds is 4. The van der Waals surface area contributed by atoms with E-state index in [4.69, 9.17) is 11.6 Å². The Morgan fingerprint density at radius 1 is 1.12 bits per heavy atom. The molecule has 4 nitrogen and oxygen atoms in total. The van der Waals surface area contributed by atoms with E-state index in [1.54, 1.807) is 69.3 Å². The molecule has 26 heavy (non-hydrogen) atoms. The molecule has 0 spiro atoms. The smallest absolute Gasteiger partial charge is 0.255 e. The van der Waals surface area contributed by atoms with Crippen LogP contribution in [0.3, 0.4) is 0 Å². The highest BCUT2D eigenvalue weighted by Gasteiger charge is 2.24. The molecule has 0 saturated carbocycles. The molecule has 1 amide bonds. The van der Waals surface area contributed by atoms with E-state index in [-0.39, 0.29) is 17.3 Å². The number of allylic oxidation sites excluding steroid dienone is 1. The Kier molecular flexibility index (Phi) is 5.97. The quantitative estimate of drug-likeness (QED) is 0.603. The Morgan fingerprint density at radius 3 is 2.35 bits per heavy atom. The van der Waals surface area contributed by atoms with Crippen LogP contribution in [-0.2, 0) is 4.79 Å². The predicted octanol–water partition coefficient (Wildman–Crippen LogP) is 5.11. The highest BCUT2D eigenvalue weighted by atomic mass is 35.5. The van der Waals surface area contributed by atoms with Crippen molar-refractivity contribution >= 4 is 35.1 Å². The number of carbonyl (C=O) groups is 2. The number of hydrogen-bond acceptors (Lipinski definition) is 3. The number of hydrogen-bond donors (Lipinski definition) is 1. The van der Waals surface area contributed by atoms with Crippen LogP contribution in [-0.4, -0.2) is 11.7 Å². The van der Waals surface area contributed by atoms with Crippen molar-refractivity contribution in [2.24, 2.45) is 5.41 Å². The SMILES string of the molecule is CC(C)(C)C(=O)/C(C#N)=C/c1cccc(NC(=O)c2ccc(Cl)cc2)c1. The monoisotopic (exact) mass is 366 g/mol. The molecule has 0 radical (unpaired) electrons. The highest BCUT2D eigenvalue weighted by molar-refractivity contribution is 6.30. The Hall–Kier alpha value is -2.90. The summed E-state index contributed by atoms with van der Waals surface area (Å²) in [5, 5.41) is 12.6. The summed E-state index contributed by atoms with van der Waals surface area (Å²) in [5.41, 5.74) is 1.16. The van der Waals surface area contributed by atoms with Crippen molar-refractivity contribution in [3.63, 3.8) is 0 Å². The summed E-state index contributed by atoms with van der Waals surface area (Å²) in [6, 6.07) is 15.5. The average molecular weight is 367 g/mol. The van der Waals surface area contributed by atoms with Gasteiger partial charge in [0.15, 0.2) is 5.78 Å². The molecule has 1 N–H and O–H groups in total. The van der Waals surface area contributed by atoms with Crippen molar-refractivity contribution in [1.82, 2.24) is 0 Å². The lowest BCUT2D eigenvalue weighted by Crippen LogP contribution is -2.21. The van der Waals surface area contributed by atoms with Crippen molar-refractivity contribution < 1.29 is 9.59 Å². The molecule has 0 aliphatic carbocycles. The van der Waals surface area contributed by atoms with E-state index in [0.717, 1.165) is 0 Å². The van der Waals surface area contributed by atoms with Gasteiger partial charge in [-0.05, 0) is 48.0 Å². The maximum atomic E-state index is 12.3. The predicted molar refractivity (Wildman–Crippen MR) is 104 cm³/mol. The molecule has 0 saturated heterocycles. The van der Waals surface area contributed by atoms with Crippen molar-refractivity contribution in [3.8, 4) is 6.07 Å². The van der Waals surface area contributed by atoms with E-state index in [9.17, 15) is 14.9 Å². The van der Waals surface area contributed by atoms with Gasteiger partial charge in [0, 0.05) is 21.7 Å². The highest BCUT2D eigenvalue weighted by Crippen LogP contribution is 2.22. The number of benzene rings is 2. The Bertz CT molecular complexity index is 901. The van der Waals surface area contributed by atoms with Crippen LogP contribution in [0.15, 0.2) is 54.1 Å². The summed E-state index contributed by atoms with van der Waals surface area (Å²) >= 11 is 5.82. The van der Waals surface area contributed by atoms with Crippen molar-refractivity contribution in [1.29, 1.82) is 5.26 Å². The first-order chi connectivity index (χ1) is 12.2. The molecular formula is C21H19ClN2O2. The third-order valence-corrected chi connectivity index (χ3v) is 3.86. The Labute approximate surface area is 158 Å². The molecule has 0 bridgehead atoms. The normalized spacial score (nSPS) is 11.6. The zero-order valence-electron chi connectivity index (χ0n) is 14.8. The largest absolute Gasteiger partial charge is 0.322 e. The molecule has 2 aromatic rings. The lowest BCUT2D eigenvalue weighted by atomic mass is 9.86. The second kappa shape index (κ2) is 7.99. The molecule has 0 aromatic heterocycles. The minimum absolute atomic E-state index is 0.0821. The number of halogens is 1. The third-order valence-electron chi connectivity index (χ3n) is 3.61. The van der Waals surface area contributed by atoms with Crippen LogP contribution in [0.2, 0.25) is 5.02 Å². The Balaban J connectivity index is 2.23. The summed E-state index contributed by atoms with van der Waals surface area (Å²) in [7, 11) is 0. The van der Waals surface area contributed by atoms with Gasteiger partial charge in [-0.1, -0.05) is 44.5 Å². The summed E-state index contributed by atoms with van der Waals surface area (Å²) in [6.45, 7) is 5.30. The molecule has 5 heteroatoms. The van der Waals surface area contributed by atoms with E-state index in [1.165, 1.54) is 6.08 Å². The first-order valence-electron chi connectivity index (χ1n) is 8.04. The summed E-state index contributed by atoms with van der Waals surface area (Å²) in [6.07, 6.45) is 1.53. The number of ketones is 1. The van der Waals surface area contributed by atoms with E-state index >= 15 is 0 Å². The van der Waals surface area contributed by atoms with Crippen LogP contribution in [0, 0.1) is 16.7 Å². The zero-order chi connectivity index (χ0) is 19.3.